The molecule has 3 heteroatoms. The molecule has 0 unspecified atom stereocenters. The van der Waals surface area contributed by atoms with Crippen LogP contribution >= 0.6 is 0 Å². The molecule has 0 spiro atoms. The van der Waals surface area contributed by atoms with Gasteiger partial charge in [0.1, 0.15) is 5.75 Å². The van der Waals surface area contributed by atoms with E-state index in [2.05, 4.69) is 40.6 Å². The SMILES string of the molecule is Cc1ccc(O)cc1Nc1ccnc2cc(-c3ccccc3)ccc12. The lowest BCUT2D eigenvalue weighted by molar-refractivity contribution is 0.475. The molecule has 0 atom stereocenters. The number of aromatic nitrogens is 1. The Morgan fingerprint density at radius 2 is 1.64 bits per heavy atom. The van der Waals surface area contributed by atoms with E-state index in [1.165, 1.54) is 5.56 Å². The van der Waals surface area contributed by atoms with Crippen LogP contribution in [0.15, 0.2) is 79.0 Å². The van der Waals surface area contributed by atoms with Crippen molar-refractivity contribution in [2.45, 2.75) is 6.92 Å². The lowest BCUT2D eigenvalue weighted by atomic mass is 10.0. The van der Waals surface area contributed by atoms with Gasteiger partial charge >= 0.3 is 0 Å². The third-order valence-electron chi connectivity index (χ3n) is 4.34. The van der Waals surface area contributed by atoms with Crippen molar-refractivity contribution in [2.75, 3.05) is 5.32 Å². The molecular weight excluding hydrogens is 308 g/mol. The largest absolute Gasteiger partial charge is 0.508 e. The molecule has 3 aromatic carbocycles. The zero-order chi connectivity index (χ0) is 17.2. The first-order valence-electron chi connectivity index (χ1n) is 8.21. The van der Waals surface area contributed by atoms with Crippen molar-refractivity contribution in [3.63, 3.8) is 0 Å². The number of nitrogens with zero attached hydrogens (tertiary/aromatic N) is 1. The number of hydrogen-bond donors (Lipinski definition) is 2. The lowest BCUT2D eigenvalue weighted by Crippen LogP contribution is -1.95. The van der Waals surface area contributed by atoms with Gasteiger partial charge in [-0.25, -0.2) is 0 Å². The predicted octanol–water partition coefficient (Wildman–Crippen LogP) is 5.66. The van der Waals surface area contributed by atoms with Gasteiger partial charge in [0.2, 0.25) is 0 Å². The molecule has 0 saturated heterocycles. The fraction of sp³-hybridized carbons (Fsp3) is 0.0455. The van der Waals surface area contributed by atoms with Crippen LogP contribution in [0.2, 0.25) is 0 Å². The molecule has 0 amide bonds. The zero-order valence-electron chi connectivity index (χ0n) is 13.9. The Balaban J connectivity index is 1.77. The molecule has 0 aliphatic rings. The third kappa shape index (κ3) is 3.04. The van der Waals surface area contributed by atoms with Crippen LogP contribution in [0.3, 0.4) is 0 Å². The molecule has 4 rings (SSSR count). The van der Waals surface area contributed by atoms with Crippen molar-refractivity contribution in [1.29, 1.82) is 0 Å². The lowest BCUT2D eigenvalue weighted by Gasteiger charge is -2.13. The molecule has 0 bridgehead atoms. The number of anilines is 2. The molecule has 1 aromatic heterocycles. The summed E-state index contributed by atoms with van der Waals surface area (Å²) in [4.78, 5) is 4.52. The Morgan fingerprint density at radius 1 is 0.800 bits per heavy atom. The second kappa shape index (κ2) is 6.29. The first kappa shape index (κ1) is 15.2. The topological polar surface area (TPSA) is 45.1 Å². The molecular formula is C22H18N2O. The van der Waals surface area contributed by atoms with Crippen LogP contribution < -0.4 is 5.32 Å². The van der Waals surface area contributed by atoms with Crippen molar-refractivity contribution in [2.24, 2.45) is 0 Å². The van der Waals surface area contributed by atoms with E-state index in [1.54, 1.807) is 18.3 Å². The number of fused-ring (bicyclic) bond motifs is 1. The molecule has 122 valence electrons. The number of aromatic hydroxyl groups is 1. The molecule has 2 N–H and O–H groups in total. The second-order valence-corrected chi connectivity index (χ2v) is 6.08. The highest BCUT2D eigenvalue weighted by Crippen LogP contribution is 2.31. The van der Waals surface area contributed by atoms with E-state index in [0.717, 1.165) is 33.4 Å². The van der Waals surface area contributed by atoms with Crippen LogP contribution in [-0.4, -0.2) is 10.1 Å². The molecule has 0 aliphatic heterocycles. The van der Waals surface area contributed by atoms with Gasteiger partial charge in [-0.1, -0.05) is 48.5 Å². The summed E-state index contributed by atoms with van der Waals surface area (Å²) in [5.74, 6) is 0.248. The Kier molecular flexibility index (Phi) is 3.82. The van der Waals surface area contributed by atoms with E-state index in [-0.39, 0.29) is 5.75 Å². The van der Waals surface area contributed by atoms with E-state index in [0.29, 0.717) is 0 Å². The number of pyridine rings is 1. The van der Waals surface area contributed by atoms with E-state index < -0.39 is 0 Å². The number of phenols is 1. The van der Waals surface area contributed by atoms with Crippen LogP contribution in [0, 0.1) is 6.92 Å². The summed E-state index contributed by atoms with van der Waals surface area (Å²) >= 11 is 0. The van der Waals surface area contributed by atoms with Crippen molar-refractivity contribution < 1.29 is 5.11 Å². The minimum absolute atomic E-state index is 0.248. The summed E-state index contributed by atoms with van der Waals surface area (Å²) in [7, 11) is 0. The highest BCUT2D eigenvalue weighted by Gasteiger charge is 2.07. The fourth-order valence-electron chi connectivity index (χ4n) is 2.96. The second-order valence-electron chi connectivity index (χ2n) is 6.08. The summed E-state index contributed by atoms with van der Waals surface area (Å²) in [6.07, 6.45) is 1.80. The first-order chi connectivity index (χ1) is 12.2. The summed E-state index contributed by atoms with van der Waals surface area (Å²) in [6.45, 7) is 2.01. The molecule has 0 aliphatic carbocycles. The molecule has 1 heterocycles. The minimum Gasteiger partial charge on any atom is -0.508 e. The molecule has 0 saturated carbocycles. The van der Waals surface area contributed by atoms with Crippen molar-refractivity contribution >= 4 is 22.3 Å². The van der Waals surface area contributed by atoms with Crippen molar-refractivity contribution in [3.8, 4) is 16.9 Å². The normalized spacial score (nSPS) is 10.8. The molecule has 0 radical (unpaired) electrons. The highest BCUT2D eigenvalue weighted by atomic mass is 16.3. The Bertz CT molecular complexity index is 1040. The van der Waals surface area contributed by atoms with Gasteiger partial charge in [-0.2, -0.15) is 0 Å². The number of benzene rings is 3. The number of aryl methyl sites for hydroxylation is 1. The molecule has 25 heavy (non-hydrogen) atoms. The van der Waals surface area contributed by atoms with Gasteiger partial charge in [-0.3, -0.25) is 4.98 Å². The smallest absolute Gasteiger partial charge is 0.117 e. The summed E-state index contributed by atoms with van der Waals surface area (Å²) in [5, 5.41) is 14.2. The maximum absolute atomic E-state index is 9.74. The minimum atomic E-state index is 0.248. The number of hydrogen-bond acceptors (Lipinski definition) is 3. The van der Waals surface area contributed by atoms with Gasteiger partial charge in [0.05, 0.1) is 5.52 Å². The molecule has 3 nitrogen and oxygen atoms in total. The average Bonchev–Trinajstić information content (AvgIpc) is 2.65. The number of phenolic OH excluding ortho intramolecular Hbond substituents is 1. The molecule has 4 aromatic rings. The maximum atomic E-state index is 9.74. The third-order valence-corrected chi connectivity index (χ3v) is 4.34. The first-order valence-corrected chi connectivity index (χ1v) is 8.21. The van der Waals surface area contributed by atoms with Gasteiger partial charge < -0.3 is 10.4 Å². The van der Waals surface area contributed by atoms with Gasteiger partial charge in [0.25, 0.3) is 0 Å². The maximum Gasteiger partial charge on any atom is 0.117 e. The monoisotopic (exact) mass is 326 g/mol. The Labute approximate surface area is 146 Å². The van der Waals surface area contributed by atoms with Crippen LogP contribution in [0.4, 0.5) is 11.4 Å². The quantitative estimate of drug-likeness (QED) is 0.510. The van der Waals surface area contributed by atoms with E-state index in [9.17, 15) is 5.11 Å². The van der Waals surface area contributed by atoms with Crippen LogP contribution in [0.1, 0.15) is 5.56 Å². The standard InChI is InChI=1S/C22H18N2O/c1-15-7-9-18(25)14-21(15)24-20-11-12-23-22-13-17(8-10-19(20)22)16-5-3-2-4-6-16/h2-14,25H,1H3,(H,23,24). The number of rotatable bonds is 3. The van der Waals surface area contributed by atoms with Crippen LogP contribution in [0.25, 0.3) is 22.0 Å². The van der Waals surface area contributed by atoms with Gasteiger partial charge in [-0.05, 0) is 41.8 Å². The van der Waals surface area contributed by atoms with E-state index >= 15 is 0 Å². The van der Waals surface area contributed by atoms with Crippen LogP contribution in [0.5, 0.6) is 5.75 Å². The predicted molar refractivity (Wildman–Crippen MR) is 103 cm³/mol. The van der Waals surface area contributed by atoms with Crippen LogP contribution in [-0.2, 0) is 0 Å². The summed E-state index contributed by atoms with van der Waals surface area (Å²) in [5.41, 5.74) is 6.19. The highest BCUT2D eigenvalue weighted by molar-refractivity contribution is 5.95. The van der Waals surface area contributed by atoms with Crippen molar-refractivity contribution in [1.82, 2.24) is 4.98 Å². The Morgan fingerprint density at radius 3 is 2.48 bits per heavy atom. The van der Waals surface area contributed by atoms with E-state index in [1.807, 2.05) is 37.3 Å². The van der Waals surface area contributed by atoms with Crippen molar-refractivity contribution in [3.05, 3.63) is 84.6 Å². The zero-order valence-corrected chi connectivity index (χ0v) is 13.9. The average molecular weight is 326 g/mol. The molecule has 0 fully saturated rings. The van der Waals surface area contributed by atoms with Gasteiger partial charge in [0.15, 0.2) is 0 Å². The Hall–Kier alpha value is -3.33. The van der Waals surface area contributed by atoms with Gasteiger partial charge in [-0.15, -0.1) is 0 Å². The fourth-order valence-corrected chi connectivity index (χ4v) is 2.96. The number of nitrogens with one attached hydrogen (secondary N) is 1. The van der Waals surface area contributed by atoms with Gasteiger partial charge in [0, 0.05) is 29.0 Å². The van der Waals surface area contributed by atoms with E-state index in [4.69, 9.17) is 0 Å². The summed E-state index contributed by atoms with van der Waals surface area (Å²) < 4.78 is 0. The summed E-state index contributed by atoms with van der Waals surface area (Å²) in [6, 6.07) is 23.9.